The normalized spacial score (nSPS) is 12.0. The Morgan fingerprint density at radius 2 is 1.17 bits per heavy atom. The zero-order valence-electron chi connectivity index (χ0n) is 22.7. The minimum Gasteiger partial charge on any atom is -0.504 e. The van der Waals surface area contributed by atoms with Gasteiger partial charge in [0.25, 0.3) is 0 Å². The molecule has 1 aromatic carbocycles. The van der Waals surface area contributed by atoms with Gasteiger partial charge in [-0.2, -0.15) is 0 Å². The first-order valence-corrected chi connectivity index (χ1v) is 15.1. The van der Waals surface area contributed by atoms with Crippen LogP contribution in [0.2, 0.25) is 0 Å². The van der Waals surface area contributed by atoms with Crippen LogP contribution in [0.4, 0.5) is 11.4 Å². The highest BCUT2D eigenvalue weighted by molar-refractivity contribution is 7.99. The van der Waals surface area contributed by atoms with Crippen LogP contribution in [0.3, 0.4) is 0 Å². The van der Waals surface area contributed by atoms with Crippen molar-refractivity contribution in [2.45, 2.75) is 127 Å². The van der Waals surface area contributed by atoms with Gasteiger partial charge < -0.3 is 20.8 Å². The summed E-state index contributed by atoms with van der Waals surface area (Å²) in [6.07, 6.45) is 21.9. The number of unbranched alkanes of at least 4 members (excludes halogenated alkanes) is 15. The molecule has 202 valence electrons. The molecule has 0 heterocycles. The summed E-state index contributed by atoms with van der Waals surface area (Å²) in [7, 11) is 3.53. The Balaban J connectivity index is 2.09. The van der Waals surface area contributed by atoms with Crippen molar-refractivity contribution in [1.82, 2.24) is 0 Å². The summed E-state index contributed by atoms with van der Waals surface area (Å²) in [5, 5.41) is 25.4. The molecule has 0 aliphatic heterocycles. The van der Waals surface area contributed by atoms with Gasteiger partial charge >= 0.3 is 5.97 Å². The fraction of sp³-hybridized carbons (Fsp3) is 0.759. The number of carbonyl (C=O) groups is 1. The second-order valence-electron chi connectivity index (χ2n) is 9.77. The van der Waals surface area contributed by atoms with E-state index in [9.17, 15) is 15.0 Å². The molecule has 1 rings (SSSR count). The number of aromatic hydroxyl groups is 1. The first kappa shape index (κ1) is 31.5. The third-order valence-corrected chi connectivity index (χ3v) is 8.09. The number of rotatable bonds is 23. The van der Waals surface area contributed by atoms with Crippen LogP contribution >= 0.6 is 11.8 Å². The van der Waals surface area contributed by atoms with Gasteiger partial charge in [0, 0.05) is 19.8 Å². The van der Waals surface area contributed by atoms with E-state index < -0.39 is 5.97 Å². The van der Waals surface area contributed by atoms with Gasteiger partial charge in [-0.1, -0.05) is 110 Å². The van der Waals surface area contributed by atoms with E-state index in [1.54, 1.807) is 14.1 Å². The van der Waals surface area contributed by atoms with Gasteiger partial charge in [-0.3, -0.25) is 4.79 Å². The number of aliphatic carboxylic acids is 1. The first-order chi connectivity index (χ1) is 17.0. The van der Waals surface area contributed by atoms with Crippen molar-refractivity contribution in [3.8, 4) is 5.75 Å². The number of phenols is 1. The van der Waals surface area contributed by atoms with Crippen LogP contribution < -0.4 is 10.6 Å². The van der Waals surface area contributed by atoms with Crippen LogP contribution in [-0.2, 0) is 10.5 Å². The van der Waals surface area contributed by atoms with E-state index in [1.165, 1.54) is 102 Å². The molecule has 0 bridgehead atoms. The van der Waals surface area contributed by atoms with Gasteiger partial charge in [0.2, 0.25) is 0 Å². The molecule has 1 unspecified atom stereocenters. The lowest BCUT2D eigenvalue weighted by molar-refractivity contribution is -0.136. The molecule has 1 atom stereocenters. The van der Waals surface area contributed by atoms with Crippen molar-refractivity contribution in [1.29, 1.82) is 0 Å². The third kappa shape index (κ3) is 14.6. The van der Waals surface area contributed by atoms with E-state index in [2.05, 4.69) is 17.6 Å². The molecule has 0 aromatic heterocycles. The van der Waals surface area contributed by atoms with Crippen molar-refractivity contribution in [3.05, 3.63) is 17.7 Å². The number of carboxylic acids is 1. The van der Waals surface area contributed by atoms with Gasteiger partial charge in [-0.25, -0.2) is 0 Å². The highest BCUT2D eigenvalue weighted by Gasteiger charge is 2.18. The summed E-state index contributed by atoms with van der Waals surface area (Å²) < 4.78 is 0. The van der Waals surface area contributed by atoms with Crippen LogP contribution in [0.15, 0.2) is 12.1 Å². The summed E-state index contributed by atoms with van der Waals surface area (Å²) in [5.41, 5.74) is 2.30. The highest BCUT2D eigenvalue weighted by atomic mass is 32.2. The fourth-order valence-electron chi connectivity index (χ4n) is 4.51. The molecule has 0 aliphatic rings. The first-order valence-electron chi connectivity index (χ1n) is 14.1. The van der Waals surface area contributed by atoms with Crippen molar-refractivity contribution in [2.24, 2.45) is 0 Å². The van der Waals surface area contributed by atoms with Crippen LogP contribution in [0, 0.1) is 0 Å². The quantitative estimate of drug-likeness (QED) is 0.0873. The van der Waals surface area contributed by atoms with Gasteiger partial charge in [-0.15, -0.1) is 11.8 Å². The lowest BCUT2D eigenvalue weighted by atomic mass is 10.0. The average Bonchev–Trinajstić information content (AvgIpc) is 2.85. The molecule has 0 aliphatic carbocycles. The molecule has 0 amide bonds. The van der Waals surface area contributed by atoms with Gasteiger partial charge in [0.1, 0.15) is 5.25 Å². The summed E-state index contributed by atoms with van der Waals surface area (Å²) >= 11 is 1.48. The van der Waals surface area contributed by atoms with E-state index in [4.69, 9.17) is 0 Å². The molecular formula is C29H52N2O3S. The maximum Gasteiger partial charge on any atom is 0.316 e. The molecule has 35 heavy (non-hydrogen) atoms. The topological polar surface area (TPSA) is 81.6 Å². The summed E-state index contributed by atoms with van der Waals surface area (Å²) in [5.74, 6) is 0.0727. The van der Waals surface area contributed by atoms with Crippen molar-refractivity contribution >= 4 is 29.1 Å². The lowest BCUT2D eigenvalue weighted by Gasteiger charge is -2.15. The van der Waals surface area contributed by atoms with Crippen LogP contribution in [-0.4, -0.2) is 35.5 Å². The molecule has 0 radical (unpaired) electrons. The number of hydrogen-bond donors (Lipinski definition) is 4. The Morgan fingerprint density at radius 1 is 0.771 bits per heavy atom. The number of hydrogen-bond acceptors (Lipinski definition) is 5. The second kappa shape index (κ2) is 20.6. The lowest BCUT2D eigenvalue weighted by Crippen LogP contribution is -2.16. The summed E-state index contributed by atoms with van der Waals surface area (Å²) in [6.45, 7) is 2.27. The maximum absolute atomic E-state index is 11.7. The zero-order valence-corrected chi connectivity index (χ0v) is 23.5. The van der Waals surface area contributed by atoms with E-state index in [0.717, 1.165) is 18.4 Å². The molecule has 0 saturated heterocycles. The van der Waals surface area contributed by atoms with Gasteiger partial charge in [0.15, 0.2) is 5.75 Å². The average molecular weight is 509 g/mol. The number of thioether (sulfide) groups is 1. The predicted molar refractivity (Wildman–Crippen MR) is 154 cm³/mol. The number of anilines is 2. The minimum atomic E-state index is -0.725. The third-order valence-electron chi connectivity index (χ3n) is 6.75. The van der Waals surface area contributed by atoms with E-state index in [1.807, 2.05) is 12.1 Å². The number of carboxylic acid groups (broad SMARTS) is 1. The second-order valence-corrected chi connectivity index (χ2v) is 11.0. The SMILES string of the molecule is CCCCCCCCCCCCCCCCCCC(SCc1cc(NC)c(O)c(NC)c1)C(=O)O. The van der Waals surface area contributed by atoms with Crippen LogP contribution in [0.1, 0.15) is 122 Å². The largest absolute Gasteiger partial charge is 0.504 e. The predicted octanol–water partition coefficient (Wildman–Crippen LogP) is 8.81. The Bertz CT molecular complexity index is 659. The number of phenolic OH excluding ortho intramolecular Hbond substituents is 1. The minimum absolute atomic E-state index is 0.187. The smallest absolute Gasteiger partial charge is 0.316 e. The monoisotopic (exact) mass is 508 g/mol. The van der Waals surface area contributed by atoms with Crippen LogP contribution in [0.25, 0.3) is 0 Å². The Labute approximate surface area is 219 Å². The van der Waals surface area contributed by atoms with Gasteiger partial charge in [-0.05, 0) is 24.1 Å². The fourth-order valence-corrected chi connectivity index (χ4v) is 5.55. The van der Waals surface area contributed by atoms with Crippen molar-refractivity contribution < 1.29 is 15.0 Å². The molecular weight excluding hydrogens is 456 g/mol. The molecule has 0 spiro atoms. The standard InChI is InChI=1S/C29H52N2O3S/c1-4-5-6-7-8-9-10-11-12-13-14-15-16-17-18-19-20-27(29(33)34)35-23-24-21-25(30-2)28(32)26(22-24)31-3/h21-22,27,30-32H,4-20,23H2,1-3H3,(H,33,34). The molecule has 4 N–H and O–H groups in total. The van der Waals surface area contributed by atoms with Crippen LogP contribution in [0.5, 0.6) is 5.75 Å². The Kier molecular flexibility index (Phi) is 18.5. The number of nitrogens with one attached hydrogen (secondary N) is 2. The van der Waals surface area contributed by atoms with E-state index in [0.29, 0.717) is 23.5 Å². The molecule has 5 nitrogen and oxygen atoms in total. The summed E-state index contributed by atoms with van der Waals surface area (Å²) in [6, 6.07) is 3.77. The van der Waals surface area contributed by atoms with Crippen molar-refractivity contribution in [3.63, 3.8) is 0 Å². The summed E-state index contributed by atoms with van der Waals surface area (Å²) in [4.78, 5) is 11.7. The maximum atomic E-state index is 11.7. The Morgan fingerprint density at radius 3 is 1.54 bits per heavy atom. The molecule has 6 heteroatoms. The number of benzene rings is 1. The zero-order chi connectivity index (χ0) is 25.7. The van der Waals surface area contributed by atoms with E-state index >= 15 is 0 Å². The highest BCUT2D eigenvalue weighted by Crippen LogP contribution is 2.35. The Hall–Kier alpha value is -1.56. The molecule has 0 saturated carbocycles. The van der Waals surface area contributed by atoms with Gasteiger partial charge in [0.05, 0.1) is 11.4 Å². The molecule has 0 fully saturated rings. The van der Waals surface area contributed by atoms with Crippen molar-refractivity contribution in [2.75, 3.05) is 24.7 Å². The van der Waals surface area contributed by atoms with E-state index in [-0.39, 0.29) is 11.0 Å². The molecule has 1 aromatic rings.